The minimum atomic E-state index is -0.248. The molecule has 4 nitrogen and oxygen atoms in total. The molecule has 0 atom stereocenters. The van der Waals surface area contributed by atoms with Crippen LogP contribution in [0.4, 0.5) is 0 Å². The Balaban J connectivity index is 2.02. The molecule has 0 aliphatic carbocycles. The van der Waals surface area contributed by atoms with Crippen molar-refractivity contribution in [2.24, 2.45) is 0 Å². The lowest BCUT2D eigenvalue weighted by molar-refractivity contribution is 0.0946. The summed E-state index contributed by atoms with van der Waals surface area (Å²) in [6, 6.07) is 12.1. The van der Waals surface area contributed by atoms with Crippen LogP contribution in [0.2, 0.25) is 5.02 Å². The normalized spacial score (nSPS) is 10.1. The number of carbonyl (C=O) groups excluding carboxylic acids is 2. The zero-order valence-electron chi connectivity index (χ0n) is 11.8. The highest BCUT2D eigenvalue weighted by molar-refractivity contribution is 9.10. The quantitative estimate of drug-likeness (QED) is 0.853. The number of hydrogen-bond acceptors (Lipinski definition) is 2. The van der Waals surface area contributed by atoms with E-state index in [1.54, 1.807) is 49.5 Å². The molecule has 0 unspecified atom stereocenters. The van der Waals surface area contributed by atoms with Crippen LogP contribution in [0, 0.1) is 0 Å². The first kappa shape index (κ1) is 16.5. The van der Waals surface area contributed by atoms with Gasteiger partial charge in [-0.1, -0.05) is 39.7 Å². The van der Waals surface area contributed by atoms with Gasteiger partial charge >= 0.3 is 0 Å². The molecule has 2 rings (SSSR count). The summed E-state index contributed by atoms with van der Waals surface area (Å²) in [5.74, 6) is -0.391. The lowest BCUT2D eigenvalue weighted by Crippen LogP contribution is -2.23. The van der Waals surface area contributed by atoms with Crippen LogP contribution in [0.15, 0.2) is 46.9 Å². The van der Waals surface area contributed by atoms with E-state index < -0.39 is 0 Å². The van der Waals surface area contributed by atoms with Crippen LogP contribution in [0.5, 0.6) is 0 Å². The van der Waals surface area contributed by atoms with E-state index in [9.17, 15) is 9.59 Å². The molecule has 6 heteroatoms. The zero-order valence-corrected chi connectivity index (χ0v) is 14.2. The fraction of sp³-hybridized carbons (Fsp3) is 0.125. The molecule has 114 valence electrons. The molecular formula is C16H14BrClN2O2. The highest BCUT2D eigenvalue weighted by Gasteiger charge is 2.10. The zero-order chi connectivity index (χ0) is 16.1. The smallest absolute Gasteiger partial charge is 0.253 e. The predicted molar refractivity (Wildman–Crippen MR) is 90.2 cm³/mol. The van der Waals surface area contributed by atoms with Crippen molar-refractivity contribution in [1.29, 1.82) is 0 Å². The molecule has 2 amide bonds. The first-order valence-corrected chi connectivity index (χ1v) is 7.72. The van der Waals surface area contributed by atoms with Gasteiger partial charge in [0.2, 0.25) is 0 Å². The maximum atomic E-state index is 12.1. The number of halogens is 2. The molecule has 0 heterocycles. The third-order valence-corrected chi connectivity index (χ3v) is 3.89. The molecular weight excluding hydrogens is 368 g/mol. The van der Waals surface area contributed by atoms with E-state index in [1.807, 2.05) is 0 Å². The fourth-order valence-corrected chi connectivity index (χ4v) is 2.43. The standard InChI is InChI=1S/C16H14BrClN2O2/c1-19-15(21)11-4-2-10(3-5-11)9-20-16(22)13-8-12(17)6-7-14(13)18/h2-8H,9H2,1H3,(H,19,21)(H,20,22). The van der Waals surface area contributed by atoms with Crippen LogP contribution in [-0.4, -0.2) is 18.9 Å². The summed E-state index contributed by atoms with van der Waals surface area (Å²) >= 11 is 9.33. The maximum absolute atomic E-state index is 12.1. The molecule has 0 spiro atoms. The van der Waals surface area contributed by atoms with Crippen LogP contribution in [0.25, 0.3) is 0 Å². The van der Waals surface area contributed by atoms with Gasteiger partial charge in [0.05, 0.1) is 10.6 Å². The Kier molecular flexibility index (Phi) is 5.57. The van der Waals surface area contributed by atoms with Gasteiger partial charge in [0, 0.05) is 23.6 Å². The molecule has 0 saturated heterocycles. The highest BCUT2D eigenvalue weighted by Crippen LogP contribution is 2.21. The summed E-state index contributed by atoms with van der Waals surface area (Å²) in [5.41, 5.74) is 1.89. The number of nitrogens with one attached hydrogen (secondary N) is 2. The number of amides is 2. The van der Waals surface area contributed by atoms with Crippen LogP contribution in [0.1, 0.15) is 26.3 Å². The Morgan fingerprint density at radius 1 is 1.09 bits per heavy atom. The van der Waals surface area contributed by atoms with Crippen molar-refractivity contribution in [3.8, 4) is 0 Å². The number of carbonyl (C=O) groups is 2. The van der Waals surface area contributed by atoms with Crippen LogP contribution in [0.3, 0.4) is 0 Å². The Hall–Kier alpha value is -1.85. The first-order chi connectivity index (χ1) is 10.5. The number of hydrogen-bond donors (Lipinski definition) is 2. The van der Waals surface area contributed by atoms with Crippen LogP contribution in [-0.2, 0) is 6.54 Å². The van der Waals surface area contributed by atoms with E-state index in [2.05, 4.69) is 26.6 Å². The summed E-state index contributed by atoms with van der Waals surface area (Å²) in [4.78, 5) is 23.6. The van der Waals surface area contributed by atoms with E-state index in [1.165, 1.54) is 0 Å². The Labute approximate surface area is 142 Å². The average molecular weight is 382 g/mol. The van der Waals surface area contributed by atoms with E-state index >= 15 is 0 Å². The van der Waals surface area contributed by atoms with Crippen molar-refractivity contribution in [3.05, 3.63) is 68.7 Å². The van der Waals surface area contributed by atoms with Gasteiger partial charge in [-0.15, -0.1) is 0 Å². The fourth-order valence-electron chi connectivity index (χ4n) is 1.87. The molecule has 22 heavy (non-hydrogen) atoms. The summed E-state index contributed by atoms with van der Waals surface area (Å²) < 4.78 is 0.789. The lowest BCUT2D eigenvalue weighted by Gasteiger charge is -2.08. The molecule has 0 aromatic heterocycles. The van der Waals surface area contributed by atoms with Crippen LogP contribution < -0.4 is 10.6 Å². The van der Waals surface area contributed by atoms with Crippen molar-refractivity contribution < 1.29 is 9.59 Å². The van der Waals surface area contributed by atoms with Gasteiger partial charge in [0.1, 0.15) is 0 Å². The molecule has 2 N–H and O–H groups in total. The highest BCUT2D eigenvalue weighted by atomic mass is 79.9. The Bertz CT molecular complexity index is 702. The van der Waals surface area contributed by atoms with Gasteiger partial charge in [-0.25, -0.2) is 0 Å². The van der Waals surface area contributed by atoms with Gasteiger partial charge in [0.15, 0.2) is 0 Å². The largest absolute Gasteiger partial charge is 0.355 e. The summed E-state index contributed by atoms with van der Waals surface area (Å²) in [6.07, 6.45) is 0. The van der Waals surface area contributed by atoms with Crippen molar-refractivity contribution in [3.63, 3.8) is 0 Å². The van der Waals surface area contributed by atoms with Crippen molar-refractivity contribution in [1.82, 2.24) is 10.6 Å². The van der Waals surface area contributed by atoms with Gasteiger partial charge in [-0.2, -0.15) is 0 Å². The van der Waals surface area contributed by atoms with Gasteiger partial charge in [-0.05, 0) is 35.9 Å². The third-order valence-electron chi connectivity index (χ3n) is 3.07. The summed E-state index contributed by atoms with van der Waals surface area (Å²) in [5, 5.41) is 5.76. The molecule has 0 saturated carbocycles. The average Bonchev–Trinajstić information content (AvgIpc) is 2.54. The molecule has 0 radical (unpaired) electrons. The maximum Gasteiger partial charge on any atom is 0.253 e. The second-order valence-electron chi connectivity index (χ2n) is 4.58. The van der Waals surface area contributed by atoms with Crippen molar-refractivity contribution >= 4 is 39.3 Å². The van der Waals surface area contributed by atoms with E-state index in [-0.39, 0.29) is 11.8 Å². The van der Waals surface area contributed by atoms with Crippen molar-refractivity contribution in [2.45, 2.75) is 6.54 Å². The monoisotopic (exact) mass is 380 g/mol. The second kappa shape index (κ2) is 7.42. The van der Waals surface area contributed by atoms with Gasteiger partial charge in [0.25, 0.3) is 11.8 Å². The van der Waals surface area contributed by atoms with Gasteiger partial charge < -0.3 is 10.6 Å². The molecule has 0 aliphatic rings. The molecule has 2 aromatic carbocycles. The van der Waals surface area contributed by atoms with Gasteiger partial charge in [-0.3, -0.25) is 9.59 Å². The molecule has 0 bridgehead atoms. The molecule has 0 aliphatic heterocycles. The lowest BCUT2D eigenvalue weighted by atomic mass is 10.1. The predicted octanol–water partition coefficient (Wildman–Crippen LogP) is 3.39. The summed E-state index contributed by atoms with van der Waals surface area (Å²) in [7, 11) is 1.58. The minimum Gasteiger partial charge on any atom is -0.355 e. The van der Waals surface area contributed by atoms with E-state index in [0.29, 0.717) is 22.7 Å². The van der Waals surface area contributed by atoms with Crippen LogP contribution >= 0.6 is 27.5 Å². The summed E-state index contributed by atoms with van der Waals surface area (Å²) in [6.45, 7) is 0.357. The van der Waals surface area contributed by atoms with E-state index in [0.717, 1.165) is 10.0 Å². The number of benzene rings is 2. The Morgan fingerprint density at radius 3 is 2.41 bits per heavy atom. The first-order valence-electron chi connectivity index (χ1n) is 6.55. The second-order valence-corrected chi connectivity index (χ2v) is 5.91. The van der Waals surface area contributed by atoms with Crippen molar-refractivity contribution in [2.75, 3.05) is 7.05 Å². The third kappa shape index (κ3) is 4.08. The minimum absolute atomic E-state index is 0.142. The van der Waals surface area contributed by atoms with E-state index in [4.69, 9.17) is 11.6 Å². The Morgan fingerprint density at radius 2 is 1.77 bits per heavy atom. The topological polar surface area (TPSA) is 58.2 Å². The molecule has 2 aromatic rings. The molecule has 0 fully saturated rings. The number of rotatable bonds is 4. The SMILES string of the molecule is CNC(=O)c1ccc(CNC(=O)c2cc(Br)ccc2Cl)cc1.